The standard InChI is InChI=1S/C18H22N4O2/c23-22(24)17-12-20-16-4-2-1-3-15(16)18(17)21-9-7-14(8-10-21)19-11-13-5-6-13/h1-4,12-14,19H,5-11H2. The topological polar surface area (TPSA) is 71.3 Å². The van der Waals surface area contributed by atoms with Crippen molar-refractivity contribution in [1.29, 1.82) is 0 Å². The third-order valence-corrected chi connectivity index (χ3v) is 5.13. The Morgan fingerprint density at radius 2 is 1.96 bits per heavy atom. The number of nitrogens with zero attached hydrogens (tertiary/aromatic N) is 3. The minimum absolute atomic E-state index is 0.109. The van der Waals surface area contributed by atoms with Gasteiger partial charge in [0.15, 0.2) is 0 Å². The van der Waals surface area contributed by atoms with Crippen LogP contribution in [0.2, 0.25) is 0 Å². The van der Waals surface area contributed by atoms with E-state index in [-0.39, 0.29) is 10.6 Å². The maximum Gasteiger partial charge on any atom is 0.311 e. The van der Waals surface area contributed by atoms with Crippen LogP contribution in [0.5, 0.6) is 0 Å². The number of anilines is 1. The van der Waals surface area contributed by atoms with Crippen LogP contribution < -0.4 is 10.2 Å². The Balaban J connectivity index is 1.56. The summed E-state index contributed by atoms with van der Waals surface area (Å²) in [6, 6.07) is 8.21. The van der Waals surface area contributed by atoms with Crippen LogP contribution in [-0.2, 0) is 0 Å². The van der Waals surface area contributed by atoms with E-state index in [0.717, 1.165) is 55.0 Å². The highest BCUT2D eigenvalue weighted by Gasteiger charge is 2.28. The highest BCUT2D eigenvalue weighted by Crippen LogP contribution is 2.36. The van der Waals surface area contributed by atoms with Gasteiger partial charge in [-0.15, -0.1) is 0 Å². The number of hydrogen-bond donors (Lipinski definition) is 1. The molecule has 1 aromatic heterocycles. The van der Waals surface area contributed by atoms with Crippen LogP contribution in [0.15, 0.2) is 30.5 Å². The van der Waals surface area contributed by atoms with E-state index in [9.17, 15) is 10.1 Å². The lowest BCUT2D eigenvalue weighted by Crippen LogP contribution is -2.43. The Kier molecular flexibility index (Phi) is 4.06. The predicted octanol–water partition coefficient (Wildman–Crippen LogP) is 3.11. The van der Waals surface area contributed by atoms with Gasteiger partial charge in [0.25, 0.3) is 0 Å². The van der Waals surface area contributed by atoms with Crippen LogP contribution in [0.1, 0.15) is 25.7 Å². The number of rotatable bonds is 5. The van der Waals surface area contributed by atoms with E-state index in [4.69, 9.17) is 0 Å². The number of hydrogen-bond acceptors (Lipinski definition) is 5. The summed E-state index contributed by atoms with van der Waals surface area (Å²) in [6.45, 7) is 2.82. The molecule has 0 amide bonds. The molecule has 1 aliphatic carbocycles. The number of aromatic nitrogens is 1. The SMILES string of the molecule is O=[N+]([O-])c1cnc2ccccc2c1N1CCC(NCC2CC2)CC1. The molecule has 6 nitrogen and oxygen atoms in total. The Hall–Kier alpha value is -2.21. The van der Waals surface area contributed by atoms with E-state index in [1.807, 2.05) is 24.3 Å². The second-order valence-electron chi connectivity index (χ2n) is 6.88. The molecule has 0 bridgehead atoms. The first-order valence-electron chi connectivity index (χ1n) is 8.73. The molecule has 0 spiro atoms. The van der Waals surface area contributed by atoms with Gasteiger partial charge in [-0.05, 0) is 44.2 Å². The number of fused-ring (bicyclic) bond motifs is 1. The second-order valence-corrected chi connectivity index (χ2v) is 6.88. The quantitative estimate of drug-likeness (QED) is 0.675. The van der Waals surface area contributed by atoms with Gasteiger partial charge < -0.3 is 10.2 Å². The number of nitrogens with one attached hydrogen (secondary N) is 1. The van der Waals surface area contributed by atoms with Crippen molar-refractivity contribution < 1.29 is 4.92 Å². The zero-order valence-electron chi connectivity index (χ0n) is 13.6. The molecule has 1 saturated heterocycles. The third kappa shape index (κ3) is 3.06. The molecule has 2 fully saturated rings. The molecule has 1 aliphatic heterocycles. The highest BCUT2D eigenvalue weighted by molar-refractivity contribution is 5.96. The van der Waals surface area contributed by atoms with Crippen molar-refractivity contribution in [2.24, 2.45) is 5.92 Å². The molecule has 126 valence electrons. The van der Waals surface area contributed by atoms with Gasteiger partial charge in [0.05, 0.1) is 10.4 Å². The van der Waals surface area contributed by atoms with Gasteiger partial charge in [-0.3, -0.25) is 10.1 Å². The third-order valence-electron chi connectivity index (χ3n) is 5.13. The van der Waals surface area contributed by atoms with Gasteiger partial charge in [-0.1, -0.05) is 18.2 Å². The van der Waals surface area contributed by atoms with Crippen molar-refractivity contribution in [3.63, 3.8) is 0 Å². The van der Waals surface area contributed by atoms with Crippen LogP contribution in [-0.4, -0.2) is 35.6 Å². The number of para-hydroxylation sites is 1. The Labute approximate surface area is 141 Å². The summed E-state index contributed by atoms with van der Waals surface area (Å²) >= 11 is 0. The molecule has 0 atom stereocenters. The smallest absolute Gasteiger partial charge is 0.311 e. The number of piperidine rings is 1. The van der Waals surface area contributed by atoms with Crippen molar-refractivity contribution in [1.82, 2.24) is 10.3 Å². The summed E-state index contributed by atoms with van der Waals surface area (Å²) in [4.78, 5) is 17.6. The van der Waals surface area contributed by atoms with Gasteiger partial charge in [0, 0.05) is 24.5 Å². The summed E-state index contributed by atoms with van der Waals surface area (Å²) in [6.07, 6.45) is 6.18. The summed E-state index contributed by atoms with van der Waals surface area (Å²) < 4.78 is 0. The van der Waals surface area contributed by atoms with Crippen molar-refractivity contribution in [3.8, 4) is 0 Å². The Morgan fingerprint density at radius 3 is 2.67 bits per heavy atom. The number of nitro groups is 1. The zero-order valence-corrected chi connectivity index (χ0v) is 13.6. The molecule has 6 heteroatoms. The minimum atomic E-state index is -0.313. The van der Waals surface area contributed by atoms with Gasteiger partial charge in [-0.25, -0.2) is 4.98 Å². The minimum Gasteiger partial charge on any atom is -0.365 e. The van der Waals surface area contributed by atoms with Gasteiger partial charge >= 0.3 is 5.69 Å². The molecular formula is C18H22N4O2. The summed E-state index contributed by atoms with van der Waals surface area (Å²) in [5, 5.41) is 16.0. The van der Waals surface area contributed by atoms with Crippen LogP contribution in [0.3, 0.4) is 0 Å². The molecule has 1 aromatic carbocycles. The fourth-order valence-electron chi connectivity index (χ4n) is 3.54. The summed E-state index contributed by atoms with van der Waals surface area (Å²) in [5.41, 5.74) is 1.65. The average molecular weight is 326 g/mol. The van der Waals surface area contributed by atoms with Crippen molar-refractivity contribution in [2.75, 3.05) is 24.5 Å². The first kappa shape index (κ1) is 15.3. The molecule has 0 unspecified atom stereocenters. The second kappa shape index (κ2) is 6.36. The molecule has 2 aliphatic rings. The normalized spacial score (nSPS) is 18.9. The maximum atomic E-state index is 11.5. The molecule has 4 rings (SSSR count). The lowest BCUT2D eigenvalue weighted by Gasteiger charge is -2.34. The molecule has 0 radical (unpaired) electrons. The maximum absolute atomic E-state index is 11.5. The molecule has 2 heterocycles. The first-order valence-corrected chi connectivity index (χ1v) is 8.73. The lowest BCUT2D eigenvalue weighted by molar-refractivity contribution is -0.384. The summed E-state index contributed by atoms with van der Waals surface area (Å²) in [7, 11) is 0. The molecule has 1 saturated carbocycles. The van der Waals surface area contributed by atoms with Crippen LogP contribution >= 0.6 is 0 Å². The molecule has 2 aromatic rings. The van der Waals surface area contributed by atoms with E-state index in [2.05, 4.69) is 15.2 Å². The van der Waals surface area contributed by atoms with Gasteiger partial charge in [-0.2, -0.15) is 0 Å². The van der Waals surface area contributed by atoms with Crippen molar-refractivity contribution in [2.45, 2.75) is 31.7 Å². The Morgan fingerprint density at radius 1 is 1.21 bits per heavy atom. The summed E-state index contributed by atoms with van der Waals surface area (Å²) in [5.74, 6) is 0.883. The molecular weight excluding hydrogens is 304 g/mol. The van der Waals surface area contributed by atoms with Gasteiger partial charge in [0.2, 0.25) is 0 Å². The van der Waals surface area contributed by atoms with Crippen LogP contribution in [0.4, 0.5) is 11.4 Å². The lowest BCUT2D eigenvalue weighted by atomic mass is 10.0. The zero-order chi connectivity index (χ0) is 16.5. The van der Waals surface area contributed by atoms with Crippen molar-refractivity contribution in [3.05, 3.63) is 40.6 Å². The van der Waals surface area contributed by atoms with E-state index >= 15 is 0 Å². The average Bonchev–Trinajstić information content (AvgIpc) is 3.44. The number of pyridine rings is 1. The van der Waals surface area contributed by atoms with Gasteiger partial charge in [0.1, 0.15) is 11.9 Å². The van der Waals surface area contributed by atoms with Crippen LogP contribution in [0.25, 0.3) is 10.9 Å². The van der Waals surface area contributed by atoms with E-state index in [1.165, 1.54) is 19.0 Å². The van der Waals surface area contributed by atoms with E-state index < -0.39 is 0 Å². The first-order chi connectivity index (χ1) is 11.7. The molecule has 24 heavy (non-hydrogen) atoms. The fourth-order valence-corrected chi connectivity index (χ4v) is 3.54. The Bertz CT molecular complexity index is 752. The van der Waals surface area contributed by atoms with E-state index in [1.54, 1.807) is 0 Å². The fraction of sp³-hybridized carbons (Fsp3) is 0.500. The van der Waals surface area contributed by atoms with Crippen LogP contribution in [0, 0.1) is 16.0 Å². The highest BCUT2D eigenvalue weighted by atomic mass is 16.6. The van der Waals surface area contributed by atoms with Crippen molar-refractivity contribution >= 4 is 22.3 Å². The largest absolute Gasteiger partial charge is 0.365 e. The monoisotopic (exact) mass is 326 g/mol. The number of benzene rings is 1. The molecule has 1 N–H and O–H groups in total. The van der Waals surface area contributed by atoms with E-state index in [0.29, 0.717) is 6.04 Å². The predicted molar refractivity (Wildman–Crippen MR) is 94.4 cm³/mol.